The first-order valence-corrected chi connectivity index (χ1v) is 10.0. The summed E-state index contributed by atoms with van der Waals surface area (Å²) >= 11 is 0. The Balaban J connectivity index is 1.60. The molecule has 10 heteroatoms. The fraction of sp³-hybridized carbons (Fsp3) is 0.381. The van der Waals surface area contributed by atoms with E-state index in [-0.39, 0.29) is 29.5 Å². The van der Waals surface area contributed by atoms with Crippen LogP contribution in [0.1, 0.15) is 47.2 Å². The molecule has 1 aliphatic carbocycles. The average Bonchev–Trinajstić information content (AvgIpc) is 3.29. The number of benzene rings is 1. The number of halogens is 3. The maximum absolute atomic E-state index is 12.7. The summed E-state index contributed by atoms with van der Waals surface area (Å²) in [4.78, 5) is 32.3. The fourth-order valence-corrected chi connectivity index (χ4v) is 4.12. The van der Waals surface area contributed by atoms with Crippen molar-refractivity contribution in [2.24, 2.45) is 10.7 Å². The van der Waals surface area contributed by atoms with Crippen molar-refractivity contribution in [3.05, 3.63) is 57.5 Å². The second kappa shape index (κ2) is 8.09. The van der Waals surface area contributed by atoms with Crippen molar-refractivity contribution in [1.29, 1.82) is 0 Å². The van der Waals surface area contributed by atoms with Gasteiger partial charge in [-0.1, -0.05) is 12.8 Å². The van der Waals surface area contributed by atoms with Crippen LogP contribution < -0.4 is 16.6 Å². The van der Waals surface area contributed by atoms with Gasteiger partial charge in [-0.2, -0.15) is 13.2 Å². The molecule has 0 bridgehead atoms. The highest BCUT2D eigenvalue weighted by molar-refractivity contribution is 6.03. The summed E-state index contributed by atoms with van der Waals surface area (Å²) in [5.41, 5.74) is 7.56. The second-order valence-corrected chi connectivity index (χ2v) is 7.84. The van der Waals surface area contributed by atoms with Gasteiger partial charge < -0.3 is 20.9 Å². The van der Waals surface area contributed by atoms with E-state index in [0.717, 1.165) is 30.6 Å². The molecule has 0 spiro atoms. The van der Waals surface area contributed by atoms with Gasteiger partial charge >= 0.3 is 6.18 Å². The van der Waals surface area contributed by atoms with E-state index >= 15 is 0 Å². The number of aliphatic imine (C=N–C) groups is 1. The third-order valence-electron chi connectivity index (χ3n) is 5.52. The van der Waals surface area contributed by atoms with Crippen molar-refractivity contribution in [3.8, 4) is 0 Å². The molecule has 1 saturated carbocycles. The standard InChI is InChI=1S/C21H22F3N5O2/c22-21(23,24)11-29-10-12-9-14(5-6-15(12)20(29)31)28-18(25)17-16(7-8-26-19(17)30)27-13-3-1-2-4-13/h5-9,13H,1-4,10-11H2,(H2,25,28)(H2,26,27,30). The maximum Gasteiger partial charge on any atom is 0.406 e. The first-order chi connectivity index (χ1) is 14.7. The first-order valence-electron chi connectivity index (χ1n) is 10.0. The zero-order valence-corrected chi connectivity index (χ0v) is 16.6. The number of rotatable bonds is 5. The van der Waals surface area contributed by atoms with Gasteiger partial charge in [-0.15, -0.1) is 0 Å². The van der Waals surface area contributed by atoms with Crippen LogP contribution in [0.2, 0.25) is 0 Å². The fourth-order valence-electron chi connectivity index (χ4n) is 4.12. The Labute approximate surface area is 176 Å². The summed E-state index contributed by atoms with van der Waals surface area (Å²) < 4.78 is 38.1. The lowest BCUT2D eigenvalue weighted by atomic mass is 10.1. The molecule has 1 aromatic carbocycles. The van der Waals surface area contributed by atoms with Gasteiger partial charge in [-0.25, -0.2) is 4.99 Å². The highest BCUT2D eigenvalue weighted by Crippen LogP contribution is 2.30. The Morgan fingerprint density at radius 2 is 1.97 bits per heavy atom. The van der Waals surface area contributed by atoms with Crippen LogP contribution in [0.5, 0.6) is 0 Å². The molecule has 1 amide bonds. The summed E-state index contributed by atoms with van der Waals surface area (Å²) in [6.45, 7) is -1.46. The molecule has 2 aromatic rings. The highest BCUT2D eigenvalue weighted by Gasteiger charge is 2.37. The van der Waals surface area contributed by atoms with Gasteiger partial charge in [0.1, 0.15) is 17.9 Å². The lowest BCUT2D eigenvalue weighted by Crippen LogP contribution is -2.34. The number of aromatic amines is 1. The number of pyridine rings is 1. The van der Waals surface area contributed by atoms with Crippen LogP contribution in [0.3, 0.4) is 0 Å². The minimum absolute atomic E-state index is 0.0150. The minimum atomic E-state index is -4.47. The van der Waals surface area contributed by atoms with Gasteiger partial charge in [-0.3, -0.25) is 9.59 Å². The van der Waals surface area contributed by atoms with Gasteiger partial charge in [0.2, 0.25) is 0 Å². The number of nitrogens with two attached hydrogens (primary N) is 1. The normalized spacial score (nSPS) is 17.3. The minimum Gasteiger partial charge on any atom is -0.383 e. The molecule has 1 aliphatic heterocycles. The number of alkyl halides is 3. The Morgan fingerprint density at radius 3 is 2.68 bits per heavy atom. The molecule has 0 saturated heterocycles. The predicted octanol–water partition coefficient (Wildman–Crippen LogP) is 3.28. The van der Waals surface area contributed by atoms with Crippen molar-refractivity contribution in [2.75, 3.05) is 11.9 Å². The monoisotopic (exact) mass is 433 g/mol. The lowest BCUT2D eigenvalue weighted by molar-refractivity contribution is -0.140. The lowest BCUT2D eigenvalue weighted by Gasteiger charge is -2.17. The number of aromatic nitrogens is 1. The van der Waals surface area contributed by atoms with E-state index in [1.54, 1.807) is 6.07 Å². The number of fused-ring (bicyclic) bond motifs is 1. The Morgan fingerprint density at radius 1 is 1.23 bits per heavy atom. The summed E-state index contributed by atoms with van der Waals surface area (Å²) in [6.07, 6.45) is 1.33. The molecule has 0 atom stereocenters. The second-order valence-electron chi connectivity index (χ2n) is 7.84. The molecule has 4 N–H and O–H groups in total. The van der Waals surface area contributed by atoms with E-state index in [2.05, 4.69) is 15.3 Å². The Bertz CT molecular complexity index is 1090. The van der Waals surface area contributed by atoms with Crippen LogP contribution >= 0.6 is 0 Å². The van der Waals surface area contributed by atoms with Crippen LogP contribution in [0.25, 0.3) is 0 Å². The number of nitrogens with one attached hydrogen (secondary N) is 2. The molecule has 0 unspecified atom stereocenters. The third-order valence-corrected chi connectivity index (χ3v) is 5.52. The van der Waals surface area contributed by atoms with Crippen LogP contribution in [0, 0.1) is 0 Å². The predicted molar refractivity (Wildman–Crippen MR) is 111 cm³/mol. The SMILES string of the molecule is NC(=Nc1ccc2c(c1)CN(CC(F)(F)F)C2=O)c1c(NC2CCCC2)cc[nH]c1=O. The van der Waals surface area contributed by atoms with Crippen LogP contribution in [0.15, 0.2) is 40.2 Å². The first kappa shape index (κ1) is 21.0. The quantitative estimate of drug-likeness (QED) is 0.497. The van der Waals surface area contributed by atoms with E-state index in [4.69, 9.17) is 5.73 Å². The number of carbonyl (C=O) groups is 1. The molecule has 164 valence electrons. The third kappa shape index (κ3) is 4.57. The van der Waals surface area contributed by atoms with Crippen LogP contribution in [0.4, 0.5) is 24.5 Å². The number of hydrogen-bond acceptors (Lipinski definition) is 4. The molecular formula is C21H22F3N5O2. The topological polar surface area (TPSA) is 104 Å². The molecule has 2 heterocycles. The Kier molecular flexibility index (Phi) is 5.47. The smallest absolute Gasteiger partial charge is 0.383 e. The number of hydrogen-bond donors (Lipinski definition) is 3. The average molecular weight is 433 g/mol. The highest BCUT2D eigenvalue weighted by atomic mass is 19.4. The van der Waals surface area contributed by atoms with Gasteiger partial charge in [0.15, 0.2) is 0 Å². The van der Waals surface area contributed by atoms with E-state index < -0.39 is 24.2 Å². The summed E-state index contributed by atoms with van der Waals surface area (Å²) in [6, 6.07) is 6.46. The number of nitrogens with zero attached hydrogens (tertiary/aromatic N) is 2. The number of carbonyl (C=O) groups excluding carboxylic acids is 1. The largest absolute Gasteiger partial charge is 0.406 e. The van der Waals surface area contributed by atoms with Crippen LogP contribution in [-0.4, -0.2) is 40.4 Å². The maximum atomic E-state index is 12.7. The Hall–Kier alpha value is -3.30. The molecule has 7 nitrogen and oxygen atoms in total. The molecular weight excluding hydrogens is 411 g/mol. The van der Waals surface area contributed by atoms with E-state index in [9.17, 15) is 22.8 Å². The van der Waals surface area contributed by atoms with Gasteiger partial charge in [0.05, 0.1) is 11.4 Å². The van der Waals surface area contributed by atoms with Crippen molar-refractivity contribution < 1.29 is 18.0 Å². The van der Waals surface area contributed by atoms with Crippen molar-refractivity contribution >= 4 is 23.1 Å². The summed E-state index contributed by atoms with van der Waals surface area (Å²) in [5, 5.41) is 3.35. The summed E-state index contributed by atoms with van der Waals surface area (Å²) in [7, 11) is 0. The summed E-state index contributed by atoms with van der Waals surface area (Å²) in [5.74, 6) is -0.683. The van der Waals surface area contributed by atoms with E-state index in [1.165, 1.54) is 24.4 Å². The molecule has 4 rings (SSSR count). The van der Waals surface area contributed by atoms with Crippen molar-refractivity contribution in [1.82, 2.24) is 9.88 Å². The van der Waals surface area contributed by atoms with Crippen molar-refractivity contribution in [3.63, 3.8) is 0 Å². The molecule has 0 radical (unpaired) electrons. The van der Waals surface area contributed by atoms with Crippen LogP contribution in [-0.2, 0) is 6.54 Å². The molecule has 1 fully saturated rings. The number of H-pyrrole nitrogens is 1. The zero-order chi connectivity index (χ0) is 22.2. The van der Waals surface area contributed by atoms with Crippen molar-refractivity contribution in [2.45, 2.75) is 44.4 Å². The van der Waals surface area contributed by atoms with Gasteiger partial charge in [0, 0.05) is 24.3 Å². The molecule has 1 aromatic heterocycles. The molecule has 31 heavy (non-hydrogen) atoms. The molecule has 2 aliphatic rings. The van der Waals surface area contributed by atoms with E-state index in [0.29, 0.717) is 16.9 Å². The van der Waals surface area contributed by atoms with E-state index in [1.807, 2.05) is 0 Å². The van der Waals surface area contributed by atoms with Gasteiger partial charge in [-0.05, 0) is 42.7 Å². The number of anilines is 1. The number of amidine groups is 1. The zero-order valence-electron chi connectivity index (χ0n) is 16.6. The van der Waals surface area contributed by atoms with Gasteiger partial charge in [0.25, 0.3) is 11.5 Å². The number of amides is 1.